The number of fused-ring (bicyclic) bond motifs is 1. The van der Waals surface area contributed by atoms with Gasteiger partial charge in [-0.15, -0.1) is 0 Å². The van der Waals surface area contributed by atoms with Gasteiger partial charge in [-0.3, -0.25) is 9.59 Å². The van der Waals surface area contributed by atoms with Crippen molar-refractivity contribution in [1.29, 1.82) is 0 Å². The lowest BCUT2D eigenvalue weighted by Gasteiger charge is -2.09. The third kappa shape index (κ3) is 3.54. The van der Waals surface area contributed by atoms with Gasteiger partial charge in [0.1, 0.15) is 5.76 Å². The van der Waals surface area contributed by atoms with Crippen molar-refractivity contribution in [2.45, 2.75) is 19.8 Å². The summed E-state index contributed by atoms with van der Waals surface area (Å²) in [5.41, 5.74) is 1.95. The molecule has 1 heterocycles. The van der Waals surface area contributed by atoms with E-state index in [9.17, 15) is 9.59 Å². The Hall–Kier alpha value is -2.50. The van der Waals surface area contributed by atoms with Crippen LogP contribution in [0.1, 0.15) is 28.1 Å². The molecule has 0 saturated heterocycles. The number of para-hydroxylation sites is 1. The molecule has 0 spiro atoms. The second-order valence-corrected chi connectivity index (χ2v) is 6.58. The maximum atomic E-state index is 12.6. The summed E-state index contributed by atoms with van der Waals surface area (Å²) in [6.45, 7) is 1.77. The van der Waals surface area contributed by atoms with Gasteiger partial charge >= 0.3 is 5.97 Å². The fourth-order valence-electron chi connectivity index (χ4n) is 2.83. The van der Waals surface area contributed by atoms with E-state index >= 15 is 0 Å². The Morgan fingerprint density at radius 1 is 1.12 bits per heavy atom. The van der Waals surface area contributed by atoms with Crippen molar-refractivity contribution >= 4 is 51.7 Å². The normalized spacial score (nSPS) is 10.9. The van der Waals surface area contributed by atoms with Gasteiger partial charge in [-0.25, -0.2) is 0 Å². The summed E-state index contributed by atoms with van der Waals surface area (Å²) in [4.78, 5) is 23.5. The molecule has 0 atom stereocenters. The molecule has 3 rings (SSSR count). The van der Waals surface area contributed by atoms with Crippen LogP contribution >= 0.6 is 23.2 Å². The first-order valence-corrected chi connectivity index (χ1v) is 8.62. The molecule has 0 saturated carbocycles. The lowest BCUT2D eigenvalue weighted by molar-refractivity contribution is -0.136. The predicted octanol–water partition coefficient (Wildman–Crippen LogP) is 5.32. The highest BCUT2D eigenvalue weighted by Gasteiger charge is 2.19. The van der Waals surface area contributed by atoms with E-state index in [1.54, 1.807) is 37.3 Å². The molecule has 1 amide bonds. The Labute approximate surface area is 159 Å². The van der Waals surface area contributed by atoms with Crippen LogP contribution in [0.15, 0.2) is 40.8 Å². The average molecular weight is 392 g/mol. The number of hydrogen-bond acceptors (Lipinski definition) is 3. The first-order chi connectivity index (χ1) is 12.4. The topological polar surface area (TPSA) is 79.5 Å². The molecule has 0 aliphatic rings. The number of aryl methyl sites for hydroxylation is 2. The fourth-order valence-corrected chi connectivity index (χ4v) is 3.40. The highest BCUT2D eigenvalue weighted by molar-refractivity contribution is 6.40. The molecule has 3 aromatic rings. The van der Waals surface area contributed by atoms with Crippen LogP contribution in [0.2, 0.25) is 10.0 Å². The maximum Gasteiger partial charge on any atom is 0.303 e. The van der Waals surface area contributed by atoms with E-state index in [-0.39, 0.29) is 22.0 Å². The van der Waals surface area contributed by atoms with E-state index in [1.165, 1.54) is 0 Å². The maximum absolute atomic E-state index is 12.6. The zero-order chi connectivity index (χ0) is 18.8. The van der Waals surface area contributed by atoms with Crippen LogP contribution in [0.4, 0.5) is 5.69 Å². The Balaban J connectivity index is 1.97. The van der Waals surface area contributed by atoms with Gasteiger partial charge in [0.2, 0.25) is 0 Å². The van der Waals surface area contributed by atoms with Crippen molar-refractivity contribution in [3.05, 3.63) is 63.3 Å². The molecule has 2 N–H and O–H groups in total. The van der Waals surface area contributed by atoms with Gasteiger partial charge in [0.05, 0.1) is 21.3 Å². The zero-order valence-electron chi connectivity index (χ0n) is 13.8. The summed E-state index contributed by atoms with van der Waals surface area (Å²) >= 11 is 12.2. The fraction of sp³-hybridized carbons (Fsp3) is 0.158. The second kappa shape index (κ2) is 7.40. The molecule has 0 unspecified atom stereocenters. The quantitative estimate of drug-likeness (QED) is 0.616. The van der Waals surface area contributed by atoms with E-state index in [2.05, 4.69) is 5.32 Å². The van der Waals surface area contributed by atoms with Crippen LogP contribution < -0.4 is 5.32 Å². The molecule has 0 aliphatic heterocycles. The van der Waals surface area contributed by atoms with Crippen molar-refractivity contribution in [2.24, 2.45) is 0 Å². The molecule has 5 nitrogen and oxygen atoms in total. The number of benzene rings is 2. The largest absolute Gasteiger partial charge is 0.481 e. The molecule has 0 fully saturated rings. The van der Waals surface area contributed by atoms with Crippen molar-refractivity contribution < 1.29 is 19.1 Å². The smallest absolute Gasteiger partial charge is 0.303 e. The summed E-state index contributed by atoms with van der Waals surface area (Å²) < 4.78 is 5.79. The standard InChI is InChI=1S/C19H15Cl2NO4/c1-10-11(8-9-16(23)24)12-4-2-7-15(18(12)26-10)22-19(25)17-13(20)5-3-6-14(17)21/h2-7H,8-9H2,1H3,(H,22,25)(H,23,24). The summed E-state index contributed by atoms with van der Waals surface area (Å²) in [7, 11) is 0. The Morgan fingerprint density at radius 3 is 2.42 bits per heavy atom. The Bertz CT molecular complexity index is 990. The number of carbonyl (C=O) groups is 2. The number of carboxylic acids is 1. The van der Waals surface area contributed by atoms with Crippen molar-refractivity contribution in [2.75, 3.05) is 5.32 Å². The number of rotatable bonds is 5. The number of amides is 1. The molecule has 7 heteroatoms. The van der Waals surface area contributed by atoms with Gasteiger partial charge in [-0.2, -0.15) is 0 Å². The molecule has 2 aromatic carbocycles. The number of halogens is 2. The van der Waals surface area contributed by atoms with Crippen molar-refractivity contribution in [3.63, 3.8) is 0 Å². The summed E-state index contributed by atoms with van der Waals surface area (Å²) in [6, 6.07) is 10.1. The number of furan rings is 1. The van der Waals surface area contributed by atoms with Gasteiger partial charge in [-0.05, 0) is 31.5 Å². The van der Waals surface area contributed by atoms with Crippen LogP contribution in [0.3, 0.4) is 0 Å². The summed E-state index contributed by atoms with van der Waals surface area (Å²) in [5, 5.41) is 13.0. The third-order valence-corrected chi connectivity index (χ3v) is 4.68. The highest BCUT2D eigenvalue weighted by atomic mass is 35.5. The Kier molecular flexibility index (Phi) is 5.20. The first kappa shape index (κ1) is 18.3. The van der Waals surface area contributed by atoms with Gasteiger partial charge in [0.25, 0.3) is 5.91 Å². The molecule has 26 heavy (non-hydrogen) atoms. The van der Waals surface area contributed by atoms with Gasteiger partial charge in [-0.1, -0.05) is 41.4 Å². The highest BCUT2D eigenvalue weighted by Crippen LogP contribution is 2.33. The van der Waals surface area contributed by atoms with Crippen LogP contribution in [-0.4, -0.2) is 17.0 Å². The zero-order valence-corrected chi connectivity index (χ0v) is 15.3. The molecular weight excluding hydrogens is 377 g/mol. The molecule has 0 aliphatic carbocycles. The SMILES string of the molecule is Cc1oc2c(NC(=O)c3c(Cl)cccc3Cl)cccc2c1CCC(=O)O. The van der Waals surface area contributed by atoms with Crippen molar-refractivity contribution in [1.82, 2.24) is 0 Å². The minimum atomic E-state index is -0.878. The van der Waals surface area contributed by atoms with Gasteiger partial charge in [0, 0.05) is 17.4 Å². The molecule has 1 aromatic heterocycles. The summed E-state index contributed by atoms with van der Waals surface area (Å²) in [5.74, 6) is -0.704. The second-order valence-electron chi connectivity index (χ2n) is 5.76. The van der Waals surface area contributed by atoms with E-state index in [0.717, 1.165) is 10.9 Å². The van der Waals surface area contributed by atoms with Crippen LogP contribution in [0.5, 0.6) is 0 Å². The lowest BCUT2D eigenvalue weighted by atomic mass is 10.1. The van der Waals surface area contributed by atoms with Crippen LogP contribution in [0.25, 0.3) is 11.0 Å². The monoisotopic (exact) mass is 391 g/mol. The third-order valence-electron chi connectivity index (χ3n) is 4.05. The number of carboxylic acid groups (broad SMARTS) is 1. The number of nitrogens with one attached hydrogen (secondary N) is 1. The number of hydrogen-bond donors (Lipinski definition) is 2. The molecule has 0 radical (unpaired) electrons. The first-order valence-electron chi connectivity index (χ1n) is 7.86. The van der Waals surface area contributed by atoms with E-state index in [1.807, 2.05) is 6.07 Å². The van der Waals surface area contributed by atoms with E-state index < -0.39 is 11.9 Å². The van der Waals surface area contributed by atoms with Crippen LogP contribution in [-0.2, 0) is 11.2 Å². The molecule has 134 valence electrons. The number of aliphatic carboxylic acids is 1. The summed E-state index contributed by atoms with van der Waals surface area (Å²) in [6.07, 6.45) is 0.350. The number of carbonyl (C=O) groups excluding carboxylic acids is 1. The van der Waals surface area contributed by atoms with Gasteiger partial charge in [0.15, 0.2) is 5.58 Å². The van der Waals surface area contributed by atoms with E-state index in [0.29, 0.717) is 23.5 Å². The lowest BCUT2D eigenvalue weighted by Crippen LogP contribution is -2.13. The van der Waals surface area contributed by atoms with Crippen molar-refractivity contribution in [3.8, 4) is 0 Å². The van der Waals surface area contributed by atoms with Gasteiger partial charge < -0.3 is 14.8 Å². The molecule has 0 bridgehead atoms. The minimum absolute atomic E-state index is 0.00128. The predicted molar refractivity (Wildman–Crippen MR) is 101 cm³/mol. The molecular formula is C19H15Cl2NO4. The van der Waals surface area contributed by atoms with Crippen LogP contribution in [0, 0.1) is 6.92 Å². The minimum Gasteiger partial charge on any atom is -0.481 e. The number of anilines is 1. The average Bonchev–Trinajstić information content (AvgIpc) is 2.89. The Morgan fingerprint density at radius 2 is 1.77 bits per heavy atom. The van der Waals surface area contributed by atoms with E-state index in [4.69, 9.17) is 32.7 Å².